The summed E-state index contributed by atoms with van der Waals surface area (Å²) in [6.45, 7) is 8.90. The fraction of sp³-hybridized carbons (Fsp3) is 0.529. The van der Waals surface area contributed by atoms with Crippen LogP contribution in [0.15, 0.2) is 23.2 Å². The molecule has 0 spiro atoms. The molecule has 0 radical (unpaired) electrons. The summed E-state index contributed by atoms with van der Waals surface area (Å²) in [5.74, 6) is 0.408. The Kier molecular flexibility index (Phi) is 9.88. The van der Waals surface area contributed by atoms with Gasteiger partial charge in [0.1, 0.15) is 5.82 Å². The molecule has 5 nitrogen and oxygen atoms in total. The van der Waals surface area contributed by atoms with Crippen molar-refractivity contribution >= 4 is 35.8 Å². The Morgan fingerprint density at radius 2 is 1.79 bits per heavy atom. The highest BCUT2D eigenvalue weighted by molar-refractivity contribution is 14.0. The molecule has 1 rings (SSSR count). The van der Waals surface area contributed by atoms with Gasteiger partial charge in [0.2, 0.25) is 5.91 Å². The fourth-order valence-corrected chi connectivity index (χ4v) is 1.77. The van der Waals surface area contributed by atoms with Gasteiger partial charge < -0.3 is 16.0 Å². The number of nitrogens with one attached hydrogen (secondary N) is 3. The summed E-state index contributed by atoms with van der Waals surface area (Å²) in [5.41, 5.74) is 1.08. The maximum Gasteiger partial charge on any atom is 0.225 e. The van der Waals surface area contributed by atoms with Gasteiger partial charge in [-0.2, -0.15) is 0 Å². The highest BCUT2D eigenvalue weighted by Crippen LogP contribution is 2.11. The number of nitrogens with zero attached hydrogens (tertiary/aromatic N) is 1. The predicted molar refractivity (Wildman–Crippen MR) is 107 cm³/mol. The van der Waals surface area contributed by atoms with E-state index >= 15 is 0 Å². The molecular formula is C17H28FIN4O. The van der Waals surface area contributed by atoms with Crippen LogP contribution in [-0.4, -0.2) is 32.0 Å². The van der Waals surface area contributed by atoms with Gasteiger partial charge in [0, 0.05) is 32.1 Å². The molecule has 1 aromatic rings. The van der Waals surface area contributed by atoms with Gasteiger partial charge >= 0.3 is 0 Å². The molecule has 1 amide bonds. The molecule has 0 aliphatic carbocycles. The largest absolute Gasteiger partial charge is 0.355 e. The third kappa shape index (κ3) is 7.94. The Labute approximate surface area is 160 Å². The van der Waals surface area contributed by atoms with Gasteiger partial charge in [0.25, 0.3) is 0 Å². The van der Waals surface area contributed by atoms with Gasteiger partial charge in [-0.15, -0.1) is 24.0 Å². The monoisotopic (exact) mass is 450 g/mol. The molecule has 0 atom stereocenters. The lowest BCUT2D eigenvalue weighted by Gasteiger charge is -2.18. The lowest BCUT2D eigenvalue weighted by Crippen LogP contribution is -2.43. The van der Waals surface area contributed by atoms with Gasteiger partial charge in [-0.3, -0.25) is 9.79 Å². The third-order valence-corrected chi connectivity index (χ3v) is 3.30. The van der Waals surface area contributed by atoms with Crippen molar-refractivity contribution in [2.75, 3.05) is 20.1 Å². The summed E-state index contributed by atoms with van der Waals surface area (Å²) < 4.78 is 13.5. The van der Waals surface area contributed by atoms with Gasteiger partial charge in [-0.1, -0.05) is 32.9 Å². The quantitative estimate of drug-likeness (QED) is 0.280. The maximum absolute atomic E-state index is 13.5. The van der Waals surface area contributed by atoms with Gasteiger partial charge in [0.05, 0.1) is 0 Å². The second-order valence-corrected chi connectivity index (χ2v) is 6.44. The second-order valence-electron chi connectivity index (χ2n) is 6.44. The summed E-state index contributed by atoms with van der Waals surface area (Å²) in [4.78, 5) is 15.8. The number of hydrogen-bond acceptors (Lipinski definition) is 2. The molecule has 1 aromatic carbocycles. The van der Waals surface area contributed by atoms with E-state index in [-0.39, 0.29) is 35.7 Å². The highest BCUT2D eigenvalue weighted by Gasteiger charge is 2.20. The summed E-state index contributed by atoms with van der Waals surface area (Å²) in [6.07, 6.45) is 0. The molecule has 0 saturated heterocycles. The summed E-state index contributed by atoms with van der Waals surface area (Å²) in [6, 6.07) is 5.14. The Morgan fingerprint density at radius 1 is 1.17 bits per heavy atom. The summed E-state index contributed by atoms with van der Waals surface area (Å²) in [7, 11) is 1.67. The van der Waals surface area contributed by atoms with Crippen LogP contribution in [0.2, 0.25) is 0 Å². The number of hydrogen-bond donors (Lipinski definition) is 3. The summed E-state index contributed by atoms with van der Waals surface area (Å²) in [5, 5.41) is 9.07. The molecule has 0 aliphatic rings. The molecule has 136 valence electrons. The molecule has 0 heterocycles. The van der Waals surface area contributed by atoms with E-state index in [0.717, 1.165) is 5.56 Å². The lowest BCUT2D eigenvalue weighted by atomic mass is 9.96. The van der Waals surface area contributed by atoms with Crippen molar-refractivity contribution in [2.24, 2.45) is 10.4 Å². The third-order valence-electron chi connectivity index (χ3n) is 3.30. The van der Waals surface area contributed by atoms with E-state index in [0.29, 0.717) is 31.2 Å². The van der Waals surface area contributed by atoms with Crippen molar-refractivity contribution in [1.82, 2.24) is 16.0 Å². The van der Waals surface area contributed by atoms with Crippen LogP contribution in [0.5, 0.6) is 0 Å². The van der Waals surface area contributed by atoms with Crippen LogP contribution >= 0.6 is 24.0 Å². The van der Waals surface area contributed by atoms with Gasteiger partial charge in [-0.05, 0) is 24.1 Å². The number of guanidine groups is 1. The maximum atomic E-state index is 13.5. The first-order valence-electron chi connectivity index (χ1n) is 7.72. The number of amides is 1. The van der Waals surface area contributed by atoms with Crippen LogP contribution in [-0.2, 0) is 11.3 Å². The first kappa shape index (κ1) is 22.6. The molecule has 0 aromatic heterocycles. The zero-order valence-electron chi connectivity index (χ0n) is 15.0. The first-order chi connectivity index (χ1) is 10.7. The minimum Gasteiger partial charge on any atom is -0.355 e. The molecular weight excluding hydrogens is 422 g/mol. The first-order valence-corrected chi connectivity index (χ1v) is 7.72. The fourth-order valence-electron chi connectivity index (χ4n) is 1.77. The van der Waals surface area contributed by atoms with Crippen molar-refractivity contribution in [3.63, 3.8) is 0 Å². The predicted octanol–water partition coefficient (Wildman–Crippen LogP) is 2.58. The van der Waals surface area contributed by atoms with Crippen LogP contribution < -0.4 is 16.0 Å². The van der Waals surface area contributed by atoms with Crippen molar-refractivity contribution in [2.45, 2.75) is 34.2 Å². The topological polar surface area (TPSA) is 65.5 Å². The average molecular weight is 450 g/mol. The number of rotatable bonds is 5. The highest BCUT2D eigenvalue weighted by atomic mass is 127. The average Bonchev–Trinajstić information content (AvgIpc) is 2.48. The molecule has 7 heteroatoms. The van der Waals surface area contributed by atoms with Crippen LogP contribution in [0, 0.1) is 18.2 Å². The van der Waals surface area contributed by atoms with Gasteiger partial charge in [0.15, 0.2) is 5.96 Å². The van der Waals surface area contributed by atoms with E-state index in [9.17, 15) is 9.18 Å². The number of aliphatic imine (C=N–C) groups is 1. The normalized spacial score (nSPS) is 11.5. The second kappa shape index (κ2) is 10.5. The molecule has 0 aliphatic heterocycles. The van der Waals surface area contributed by atoms with E-state index in [1.807, 2.05) is 26.8 Å². The van der Waals surface area contributed by atoms with Crippen LogP contribution in [0.25, 0.3) is 0 Å². The number of carbonyl (C=O) groups excluding carboxylic acids is 1. The standard InChI is InChI=1S/C17H27FN4O.HI/c1-12-6-7-13(10-14(12)18)11-22-16(19-5)21-9-8-20-15(23)17(2,3)4;/h6-7,10H,8-9,11H2,1-5H3,(H,20,23)(H2,19,21,22);1H. The van der Waals surface area contributed by atoms with Crippen LogP contribution in [0.4, 0.5) is 4.39 Å². The van der Waals surface area contributed by atoms with Crippen molar-refractivity contribution in [1.29, 1.82) is 0 Å². The van der Waals surface area contributed by atoms with E-state index in [1.165, 1.54) is 6.07 Å². The van der Waals surface area contributed by atoms with E-state index < -0.39 is 5.41 Å². The van der Waals surface area contributed by atoms with E-state index in [1.54, 1.807) is 20.0 Å². The SMILES string of the molecule is CN=C(NCCNC(=O)C(C)(C)C)NCc1ccc(C)c(F)c1.I. The van der Waals surface area contributed by atoms with E-state index in [4.69, 9.17) is 0 Å². The Morgan fingerprint density at radius 3 is 2.33 bits per heavy atom. The Hall–Kier alpha value is -1.38. The molecule has 0 saturated carbocycles. The molecule has 0 bridgehead atoms. The number of carbonyl (C=O) groups is 1. The van der Waals surface area contributed by atoms with Crippen molar-refractivity contribution in [3.8, 4) is 0 Å². The number of halogens is 2. The molecule has 24 heavy (non-hydrogen) atoms. The smallest absolute Gasteiger partial charge is 0.225 e. The zero-order valence-corrected chi connectivity index (χ0v) is 17.3. The number of aryl methyl sites for hydroxylation is 1. The Balaban J connectivity index is 0.00000529. The Bertz CT molecular complexity index is 570. The molecule has 0 fully saturated rings. The lowest BCUT2D eigenvalue weighted by molar-refractivity contribution is -0.128. The minimum absolute atomic E-state index is 0. The molecule has 0 unspecified atom stereocenters. The van der Waals surface area contributed by atoms with Crippen molar-refractivity contribution in [3.05, 3.63) is 35.1 Å². The summed E-state index contributed by atoms with van der Waals surface area (Å²) >= 11 is 0. The number of benzene rings is 1. The van der Waals surface area contributed by atoms with Gasteiger partial charge in [-0.25, -0.2) is 4.39 Å². The van der Waals surface area contributed by atoms with Crippen LogP contribution in [0.1, 0.15) is 31.9 Å². The van der Waals surface area contributed by atoms with Crippen LogP contribution in [0.3, 0.4) is 0 Å². The van der Waals surface area contributed by atoms with Crippen molar-refractivity contribution < 1.29 is 9.18 Å². The molecule has 3 N–H and O–H groups in total. The van der Waals surface area contributed by atoms with E-state index in [2.05, 4.69) is 20.9 Å². The minimum atomic E-state index is -0.393. The zero-order chi connectivity index (χ0) is 17.5.